The number of rotatable bonds is 5. The fourth-order valence-corrected chi connectivity index (χ4v) is 4.50. The maximum absolute atomic E-state index is 11.6. The molecule has 2 aromatic heterocycles. The van der Waals surface area contributed by atoms with Gasteiger partial charge >= 0.3 is 5.97 Å². The minimum absolute atomic E-state index is 0.180. The van der Waals surface area contributed by atoms with Crippen LogP contribution in [0.25, 0.3) is 11.1 Å². The second-order valence-corrected chi connectivity index (χ2v) is 7.50. The number of ether oxygens (including phenoxy) is 1. The number of nitrogens with zero attached hydrogens (tertiary/aromatic N) is 2. The Bertz CT molecular complexity index is 1020. The molecule has 1 aromatic carbocycles. The van der Waals surface area contributed by atoms with Gasteiger partial charge in [0.2, 0.25) is 5.71 Å². The van der Waals surface area contributed by atoms with Gasteiger partial charge in [0.15, 0.2) is 5.16 Å². The van der Waals surface area contributed by atoms with E-state index in [9.17, 15) is 4.79 Å². The Morgan fingerprint density at radius 1 is 1.35 bits per heavy atom. The molecule has 5 nitrogen and oxygen atoms in total. The molecule has 0 saturated carbocycles. The number of thioether (sulfide) groups is 1. The molecule has 2 heterocycles. The van der Waals surface area contributed by atoms with E-state index in [0.717, 1.165) is 40.6 Å². The van der Waals surface area contributed by atoms with Crippen molar-refractivity contribution in [2.75, 3.05) is 12.9 Å². The lowest BCUT2D eigenvalue weighted by molar-refractivity contribution is -0.137. The highest BCUT2D eigenvalue weighted by Gasteiger charge is 2.24. The summed E-state index contributed by atoms with van der Waals surface area (Å²) in [5.74, 6) is 0.884. The summed E-state index contributed by atoms with van der Waals surface area (Å²) in [6, 6.07) is 10.1. The normalized spacial score (nSPS) is 13.1. The molecule has 1 aliphatic carbocycles. The fraction of sp³-hybridized carbons (Fsp3) is 0.316. The van der Waals surface area contributed by atoms with Crippen molar-refractivity contribution in [3.63, 3.8) is 0 Å². The molecule has 0 unspecified atom stereocenters. The minimum atomic E-state index is -0.295. The highest BCUT2D eigenvalue weighted by molar-refractivity contribution is 7.99. The molecule has 1 aliphatic rings. The van der Waals surface area contributed by atoms with Crippen molar-refractivity contribution < 1.29 is 13.9 Å². The van der Waals surface area contributed by atoms with Crippen molar-refractivity contribution in [3.8, 4) is 0 Å². The van der Waals surface area contributed by atoms with Crippen molar-refractivity contribution in [1.29, 1.82) is 0 Å². The largest absolute Gasteiger partial charge is 0.468 e. The molecule has 0 aliphatic heterocycles. The Labute approximate surface area is 160 Å². The summed E-state index contributed by atoms with van der Waals surface area (Å²) < 4.78 is 13.4. The third-order valence-corrected chi connectivity index (χ3v) is 5.89. The van der Waals surface area contributed by atoms with E-state index in [2.05, 4.69) is 17.1 Å². The molecule has 3 aromatic rings. The number of hydrogen-bond donors (Lipinski definition) is 0. The first kappa shape index (κ1) is 17.3. The maximum atomic E-state index is 11.6. The zero-order valence-electron chi connectivity index (χ0n) is 14.4. The summed E-state index contributed by atoms with van der Waals surface area (Å²) in [7, 11) is 1.38. The first-order chi connectivity index (χ1) is 12.7. The van der Waals surface area contributed by atoms with Crippen molar-refractivity contribution in [1.82, 2.24) is 9.55 Å². The summed E-state index contributed by atoms with van der Waals surface area (Å²) in [4.78, 5) is 16.3. The van der Waals surface area contributed by atoms with Crippen LogP contribution in [0.4, 0.5) is 0 Å². The molecule has 0 N–H and O–H groups in total. The van der Waals surface area contributed by atoms with E-state index in [4.69, 9.17) is 21.4 Å². The first-order valence-corrected chi connectivity index (χ1v) is 9.85. The van der Waals surface area contributed by atoms with Crippen LogP contribution < -0.4 is 0 Å². The van der Waals surface area contributed by atoms with Crippen LogP contribution in [-0.2, 0) is 28.9 Å². The van der Waals surface area contributed by atoms with Crippen LogP contribution in [-0.4, -0.2) is 28.4 Å². The Morgan fingerprint density at radius 3 is 2.92 bits per heavy atom. The van der Waals surface area contributed by atoms with E-state index in [1.165, 1.54) is 24.4 Å². The second kappa shape index (κ2) is 7.25. The number of furan rings is 1. The molecule has 0 atom stereocenters. The summed E-state index contributed by atoms with van der Waals surface area (Å²) >= 11 is 7.14. The zero-order valence-corrected chi connectivity index (χ0v) is 16.0. The Balaban J connectivity index is 1.83. The van der Waals surface area contributed by atoms with Gasteiger partial charge < -0.3 is 13.7 Å². The Kier molecular flexibility index (Phi) is 4.82. The molecule has 7 heteroatoms. The quantitative estimate of drug-likeness (QED) is 0.284. The molecular weight excluding hydrogens is 368 g/mol. The fourth-order valence-electron chi connectivity index (χ4n) is 3.26. The van der Waals surface area contributed by atoms with Crippen LogP contribution in [0.3, 0.4) is 0 Å². The van der Waals surface area contributed by atoms with Gasteiger partial charge in [0.05, 0.1) is 24.8 Å². The Hall–Kier alpha value is -2.12. The average molecular weight is 386 g/mol. The van der Waals surface area contributed by atoms with Gasteiger partial charge in [-0.15, -0.1) is 0 Å². The number of aryl methyl sites for hydroxylation is 2. The standard InChI is InChI=1S/C19H18N2O3S2/c1-23-15(22)11-26-19-20-17-16(13-8-5-9-14(13)24-17)18(25)21(19)10-12-6-3-2-4-7-12/h2-4,6-7H,5,8-11H2,1H3. The van der Waals surface area contributed by atoms with Crippen LogP contribution in [0.2, 0.25) is 0 Å². The maximum Gasteiger partial charge on any atom is 0.316 e. The highest BCUT2D eigenvalue weighted by atomic mass is 32.2. The number of esters is 1. The van der Waals surface area contributed by atoms with Crippen molar-refractivity contribution >= 4 is 41.0 Å². The predicted molar refractivity (Wildman–Crippen MR) is 103 cm³/mol. The van der Waals surface area contributed by atoms with E-state index in [-0.39, 0.29) is 11.7 Å². The topological polar surface area (TPSA) is 57.3 Å². The number of aromatic nitrogens is 2. The summed E-state index contributed by atoms with van der Waals surface area (Å²) in [5, 5.41) is 1.62. The lowest BCUT2D eigenvalue weighted by atomic mass is 10.2. The highest BCUT2D eigenvalue weighted by Crippen LogP contribution is 2.34. The van der Waals surface area contributed by atoms with Gasteiger partial charge in [0.25, 0.3) is 0 Å². The minimum Gasteiger partial charge on any atom is -0.468 e. The second-order valence-electron chi connectivity index (χ2n) is 6.17. The lowest BCUT2D eigenvalue weighted by Gasteiger charge is -2.13. The molecule has 0 bridgehead atoms. The first-order valence-electron chi connectivity index (χ1n) is 8.46. The van der Waals surface area contributed by atoms with Crippen molar-refractivity contribution in [3.05, 3.63) is 51.9 Å². The third-order valence-electron chi connectivity index (χ3n) is 4.52. The number of carbonyl (C=O) groups excluding carboxylic acids is 1. The molecule has 4 rings (SSSR count). The van der Waals surface area contributed by atoms with Gasteiger partial charge in [-0.25, -0.2) is 0 Å². The molecule has 0 amide bonds. The van der Waals surface area contributed by atoms with Crippen molar-refractivity contribution in [2.24, 2.45) is 0 Å². The van der Waals surface area contributed by atoms with E-state index >= 15 is 0 Å². The molecule has 26 heavy (non-hydrogen) atoms. The van der Waals surface area contributed by atoms with Gasteiger partial charge in [-0.1, -0.05) is 54.3 Å². The molecule has 0 saturated heterocycles. The van der Waals surface area contributed by atoms with Crippen LogP contribution in [0.5, 0.6) is 0 Å². The number of methoxy groups -OCH3 is 1. The summed E-state index contributed by atoms with van der Waals surface area (Å²) in [6.45, 7) is 0.603. The van der Waals surface area contributed by atoms with Gasteiger partial charge in [0.1, 0.15) is 10.4 Å². The molecule has 0 spiro atoms. The van der Waals surface area contributed by atoms with E-state index < -0.39 is 0 Å². The zero-order chi connectivity index (χ0) is 18.1. The van der Waals surface area contributed by atoms with Crippen LogP contribution in [0.1, 0.15) is 23.3 Å². The molecule has 134 valence electrons. The lowest BCUT2D eigenvalue weighted by Crippen LogP contribution is -2.10. The van der Waals surface area contributed by atoms with E-state index in [1.54, 1.807) is 0 Å². The number of carbonyl (C=O) groups is 1. The van der Waals surface area contributed by atoms with Crippen LogP contribution in [0.15, 0.2) is 39.9 Å². The van der Waals surface area contributed by atoms with Gasteiger partial charge in [0, 0.05) is 12.0 Å². The molecular formula is C19H18N2O3S2. The smallest absolute Gasteiger partial charge is 0.316 e. The number of benzene rings is 1. The SMILES string of the molecule is COC(=O)CSc1nc2oc3c(c2c(=S)n1Cc1ccccc1)CCC3. The molecule has 0 fully saturated rings. The Morgan fingerprint density at radius 2 is 2.15 bits per heavy atom. The van der Waals surface area contributed by atoms with E-state index in [1.807, 2.05) is 22.8 Å². The van der Waals surface area contributed by atoms with Gasteiger partial charge in [-0.05, 0) is 18.4 Å². The monoisotopic (exact) mass is 386 g/mol. The third kappa shape index (κ3) is 3.17. The van der Waals surface area contributed by atoms with Gasteiger partial charge in [-0.2, -0.15) is 4.98 Å². The number of hydrogen-bond acceptors (Lipinski definition) is 6. The summed E-state index contributed by atoms with van der Waals surface area (Å²) in [5.41, 5.74) is 2.91. The van der Waals surface area contributed by atoms with Crippen LogP contribution >= 0.6 is 24.0 Å². The molecule has 0 radical (unpaired) electrons. The van der Waals surface area contributed by atoms with Crippen molar-refractivity contribution in [2.45, 2.75) is 31.0 Å². The predicted octanol–water partition coefficient (Wildman–Crippen LogP) is 4.16. The van der Waals surface area contributed by atoms with Gasteiger partial charge in [-0.3, -0.25) is 4.79 Å². The van der Waals surface area contributed by atoms with Crippen LogP contribution in [0, 0.1) is 4.64 Å². The number of fused-ring (bicyclic) bond motifs is 3. The van der Waals surface area contributed by atoms with E-state index in [0.29, 0.717) is 17.4 Å². The average Bonchev–Trinajstić information content (AvgIpc) is 3.23. The summed E-state index contributed by atoms with van der Waals surface area (Å²) in [6.07, 6.45) is 3.01.